The molecule has 4 aromatic rings. The van der Waals surface area contributed by atoms with Gasteiger partial charge in [0.25, 0.3) is 0 Å². The molecule has 0 bridgehead atoms. The molecule has 3 heteroatoms. The maximum atomic E-state index is 5.54. The van der Waals surface area contributed by atoms with Crippen LogP contribution in [0.1, 0.15) is 13.8 Å². The van der Waals surface area contributed by atoms with Crippen molar-refractivity contribution < 1.29 is 18.9 Å². The molecule has 0 atom stereocenters. The Hall–Kier alpha value is -1.53. The van der Waals surface area contributed by atoms with E-state index in [1.165, 1.54) is 25.5 Å². The zero-order valence-electron chi connectivity index (χ0n) is 16.1. The average molecular weight is 487 g/mol. The molecule has 0 N–H and O–H groups in total. The molecule has 0 fully saturated rings. The first-order valence-electron chi connectivity index (χ1n) is 9.10. The van der Waals surface area contributed by atoms with Crippen LogP contribution >= 0.6 is 17.0 Å². The van der Waals surface area contributed by atoms with Gasteiger partial charge in [0.15, 0.2) is 0 Å². The van der Waals surface area contributed by atoms with E-state index in [9.17, 15) is 0 Å². The maximum Gasteiger partial charge on any atom is -0.0623 e. The van der Waals surface area contributed by atoms with E-state index in [0.717, 1.165) is 0 Å². The number of halogens is 2. The predicted molar refractivity (Wildman–Crippen MR) is 123 cm³/mol. The summed E-state index contributed by atoms with van der Waals surface area (Å²) < 4.78 is 1.24. The van der Waals surface area contributed by atoms with Gasteiger partial charge in [-0.05, 0) is 0 Å². The van der Waals surface area contributed by atoms with Crippen LogP contribution in [0, 0.1) is 0 Å². The normalized spacial score (nSPS) is 9.43. The Labute approximate surface area is 183 Å². The fraction of sp³-hybridized carbons (Fsp3) is 0.0800. The summed E-state index contributed by atoms with van der Waals surface area (Å²) >= 11 is -1.84. The molecule has 4 rings (SSSR count). The summed E-state index contributed by atoms with van der Waals surface area (Å²) in [5.41, 5.74) is 5.17. The monoisotopic (exact) mass is 484 g/mol. The van der Waals surface area contributed by atoms with Gasteiger partial charge in [0.1, 0.15) is 0 Å². The van der Waals surface area contributed by atoms with E-state index in [-0.39, 0.29) is 0 Å². The summed E-state index contributed by atoms with van der Waals surface area (Å²) in [7, 11) is 11.1. The number of benzene rings is 2. The predicted octanol–water partition coefficient (Wildman–Crippen LogP) is 8.27. The first-order valence-corrected chi connectivity index (χ1v) is 16.7. The smallest absolute Gasteiger partial charge is 0.0623 e. The minimum Gasteiger partial charge on any atom is -0.206 e. The number of hydrogen-bond acceptors (Lipinski definition) is 0. The summed E-state index contributed by atoms with van der Waals surface area (Å²) in [5, 5.41) is 0. The minimum atomic E-state index is -1.84. The third kappa shape index (κ3) is 8.23. The van der Waals surface area contributed by atoms with Gasteiger partial charge in [0.2, 0.25) is 0 Å². The van der Waals surface area contributed by atoms with E-state index in [1.807, 2.05) is 26.0 Å². The molecule has 0 spiro atoms. The zero-order valence-corrected chi connectivity index (χ0v) is 20.1. The van der Waals surface area contributed by atoms with Gasteiger partial charge in [0, 0.05) is 0 Å². The Balaban J connectivity index is 0.000000158. The fourth-order valence-corrected chi connectivity index (χ4v) is 2.39. The molecule has 0 aliphatic heterocycles. The van der Waals surface area contributed by atoms with Gasteiger partial charge in [-0.1, -0.05) is 71.8 Å². The van der Waals surface area contributed by atoms with E-state index in [4.69, 9.17) is 17.0 Å². The van der Waals surface area contributed by atoms with Crippen molar-refractivity contribution in [3.8, 4) is 22.3 Å². The molecule has 4 aromatic carbocycles. The van der Waals surface area contributed by atoms with Gasteiger partial charge in [-0.25, -0.2) is 12.1 Å². The van der Waals surface area contributed by atoms with Crippen LogP contribution in [-0.4, -0.2) is 3.21 Å². The minimum absolute atomic E-state index is 1.24. The molecule has 0 saturated carbocycles. The van der Waals surface area contributed by atoms with Crippen molar-refractivity contribution in [3.63, 3.8) is 0 Å². The summed E-state index contributed by atoms with van der Waals surface area (Å²) in [6, 6.07) is 37.5. The molecule has 28 heavy (non-hydrogen) atoms. The Kier molecular flexibility index (Phi) is 10.4. The maximum absolute atomic E-state index is 5.54. The molecule has 0 aliphatic rings. The average Bonchev–Trinajstić information content (AvgIpc) is 3.45. The Morgan fingerprint density at radius 3 is 1.21 bits per heavy atom. The third-order valence-electron chi connectivity index (χ3n) is 3.92. The summed E-state index contributed by atoms with van der Waals surface area (Å²) in [5.74, 6) is 0. The van der Waals surface area contributed by atoms with Crippen molar-refractivity contribution in [1.82, 2.24) is 0 Å². The van der Waals surface area contributed by atoms with E-state index < -0.39 is 18.9 Å². The Morgan fingerprint density at radius 1 is 0.607 bits per heavy atom. The zero-order chi connectivity index (χ0) is 20.2. The van der Waals surface area contributed by atoms with Crippen LogP contribution in [0.15, 0.2) is 109 Å². The molecule has 0 aliphatic carbocycles. The van der Waals surface area contributed by atoms with E-state index in [0.29, 0.717) is 0 Å². The molecule has 0 saturated heterocycles. The molecule has 144 valence electrons. The van der Waals surface area contributed by atoms with Crippen LogP contribution in [0.4, 0.5) is 0 Å². The number of rotatable bonds is 2. The van der Waals surface area contributed by atoms with Crippen molar-refractivity contribution in [2.75, 3.05) is 0 Å². The Morgan fingerprint density at radius 2 is 0.964 bits per heavy atom. The molecular weight excluding hydrogens is 462 g/mol. The van der Waals surface area contributed by atoms with Crippen molar-refractivity contribution in [3.05, 3.63) is 109 Å². The van der Waals surface area contributed by atoms with Crippen LogP contribution < -0.4 is 0 Å². The molecule has 0 unspecified atom stereocenters. The van der Waals surface area contributed by atoms with Crippen molar-refractivity contribution in [1.29, 1.82) is 0 Å². The molecule has 0 aromatic heterocycles. The molecule has 0 radical (unpaired) electrons. The largest absolute Gasteiger partial charge is 0.206 e. The second-order valence-electron chi connectivity index (χ2n) is 6.34. The molecular formula is C25H24Cl2Zr-2. The van der Waals surface area contributed by atoms with Gasteiger partial charge >= 0.3 is 53.0 Å². The first-order chi connectivity index (χ1) is 13.6. The molecule has 0 heterocycles. The molecule has 0 nitrogen and oxygen atoms in total. The summed E-state index contributed by atoms with van der Waals surface area (Å²) in [6.45, 7) is 3.96. The van der Waals surface area contributed by atoms with Crippen LogP contribution in [0.5, 0.6) is 0 Å². The van der Waals surface area contributed by atoms with Crippen molar-refractivity contribution >= 4 is 20.2 Å². The van der Waals surface area contributed by atoms with Crippen LogP contribution in [0.25, 0.3) is 22.3 Å². The summed E-state index contributed by atoms with van der Waals surface area (Å²) in [4.78, 5) is 0. The Bertz CT molecular complexity index is 835. The SMILES string of the molecule is C[C](C)=[Zr]([Cl])[Cl].c1ccc(-c2cc[cH-]c2)cc1.c1ccc(-c2cc[cH-]c2)cc1. The van der Waals surface area contributed by atoms with Gasteiger partial charge in [-0.3, -0.25) is 0 Å². The standard InChI is InChI=1S/2C11H9.C3H6.2ClH.Zr/c2*1-2-6-10(7-3-1)11-8-4-5-9-11;1-3-2;;;/h2*1-9H;1-2H3;2*1H;/q2*-1;;;;+2/p-2. The number of hydrogen-bond donors (Lipinski definition) is 0. The third-order valence-corrected chi connectivity index (χ3v) is 10.2. The van der Waals surface area contributed by atoms with Gasteiger partial charge in [0.05, 0.1) is 0 Å². The van der Waals surface area contributed by atoms with E-state index in [1.54, 1.807) is 0 Å². The first kappa shape index (κ1) is 22.8. The quantitative estimate of drug-likeness (QED) is 0.250. The van der Waals surface area contributed by atoms with Gasteiger partial charge in [-0.2, -0.15) is 47.5 Å². The van der Waals surface area contributed by atoms with Gasteiger partial charge < -0.3 is 0 Å². The van der Waals surface area contributed by atoms with Crippen LogP contribution in [0.3, 0.4) is 0 Å². The van der Waals surface area contributed by atoms with E-state index in [2.05, 4.69) is 97.1 Å². The van der Waals surface area contributed by atoms with Crippen molar-refractivity contribution in [2.45, 2.75) is 13.8 Å². The van der Waals surface area contributed by atoms with Gasteiger partial charge in [-0.15, -0.1) is 0 Å². The van der Waals surface area contributed by atoms with E-state index >= 15 is 0 Å². The van der Waals surface area contributed by atoms with Crippen molar-refractivity contribution in [2.24, 2.45) is 0 Å². The second kappa shape index (κ2) is 12.8. The fourth-order valence-electron chi connectivity index (χ4n) is 2.39. The van der Waals surface area contributed by atoms with Crippen LogP contribution in [-0.2, 0) is 18.9 Å². The summed E-state index contributed by atoms with van der Waals surface area (Å²) in [6.07, 6.45) is 0. The topological polar surface area (TPSA) is 0 Å². The second-order valence-corrected chi connectivity index (χ2v) is 15.7. The molecule has 0 amide bonds. The van der Waals surface area contributed by atoms with Crippen LogP contribution in [0.2, 0.25) is 0 Å².